The van der Waals surface area contributed by atoms with Crippen LogP contribution >= 0.6 is 46.3 Å². The molecule has 3 amide bonds. The lowest BCUT2D eigenvalue weighted by Crippen LogP contribution is -2.30. The second kappa shape index (κ2) is 17.0. The standard InChI is InChI=1S/C39H39Cl2N3O5S2/c1-5-49-38(48)34-27-18-17-24(39(2,3)4)19-32(27)51-37(34)44-33(45)22-50-26-14-9-13-25(20-26)42-36(47)31(21-28-29(40)15-10-16-30(28)41)43-35(46)23-11-7-6-8-12-23/h6-16,20-21,24H,5,17-19,22H2,1-4H3,(H,42,47)(H,43,46)(H,44,45)/b31-21+. The van der Waals surface area contributed by atoms with Gasteiger partial charge in [0.1, 0.15) is 10.7 Å². The van der Waals surface area contributed by atoms with E-state index in [4.69, 9.17) is 27.9 Å². The van der Waals surface area contributed by atoms with E-state index in [1.54, 1.807) is 73.7 Å². The van der Waals surface area contributed by atoms with Crippen molar-refractivity contribution in [3.05, 3.63) is 116 Å². The lowest BCUT2D eigenvalue weighted by atomic mass is 9.72. The van der Waals surface area contributed by atoms with Crippen molar-refractivity contribution in [2.45, 2.75) is 51.9 Å². The number of hydrogen-bond donors (Lipinski definition) is 3. The third-order valence-corrected chi connectivity index (χ3v) is 11.3. The van der Waals surface area contributed by atoms with E-state index in [1.807, 2.05) is 6.07 Å². The van der Waals surface area contributed by atoms with Crippen molar-refractivity contribution in [3.8, 4) is 0 Å². The van der Waals surface area contributed by atoms with Gasteiger partial charge >= 0.3 is 5.97 Å². The minimum absolute atomic E-state index is 0.0656. The summed E-state index contributed by atoms with van der Waals surface area (Å²) in [4.78, 5) is 54.8. The fourth-order valence-corrected chi connectivity index (χ4v) is 8.33. The predicted molar refractivity (Wildman–Crippen MR) is 208 cm³/mol. The van der Waals surface area contributed by atoms with Crippen LogP contribution in [0.4, 0.5) is 10.7 Å². The fourth-order valence-electron chi connectivity index (χ4n) is 5.74. The van der Waals surface area contributed by atoms with Gasteiger partial charge in [-0.3, -0.25) is 14.4 Å². The molecule has 1 aromatic heterocycles. The molecule has 8 nitrogen and oxygen atoms in total. The third-order valence-electron chi connectivity index (χ3n) is 8.50. The quantitative estimate of drug-likeness (QED) is 0.0797. The summed E-state index contributed by atoms with van der Waals surface area (Å²) < 4.78 is 5.38. The number of anilines is 2. The molecule has 3 aromatic carbocycles. The number of benzene rings is 3. The maximum Gasteiger partial charge on any atom is 0.341 e. The van der Waals surface area contributed by atoms with Crippen molar-refractivity contribution in [2.24, 2.45) is 11.3 Å². The molecule has 1 aliphatic rings. The van der Waals surface area contributed by atoms with E-state index >= 15 is 0 Å². The Labute approximate surface area is 316 Å². The smallest absolute Gasteiger partial charge is 0.341 e. The van der Waals surface area contributed by atoms with Gasteiger partial charge in [0.2, 0.25) is 5.91 Å². The number of halogens is 2. The van der Waals surface area contributed by atoms with Gasteiger partial charge in [-0.15, -0.1) is 23.1 Å². The number of hydrogen-bond acceptors (Lipinski definition) is 7. The monoisotopic (exact) mass is 763 g/mol. The van der Waals surface area contributed by atoms with Crippen LogP contribution in [0.2, 0.25) is 10.0 Å². The van der Waals surface area contributed by atoms with Gasteiger partial charge in [0.05, 0.1) is 17.9 Å². The van der Waals surface area contributed by atoms with E-state index in [9.17, 15) is 19.2 Å². The summed E-state index contributed by atoms with van der Waals surface area (Å²) in [6.45, 7) is 8.72. The SMILES string of the molecule is CCOC(=O)c1c(NC(=O)CSc2cccc(NC(=O)/C(=C\c3c(Cl)cccc3Cl)NC(=O)c3ccccc3)c2)sc2c1CCC(C(C)(C)C)C2. The first-order chi connectivity index (χ1) is 24.3. The first kappa shape index (κ1) is 38.1. The lowest BCUT2D eigenvalue weighted by Gasteiger charge is -2.33. The van der Waals surface area contributed by atoms with Crippen molar-refractivity contribution in [2.75, 3.05) is 23.0 Å². The Balaban J connectivity index is 1.29. The number of nitrogens with one attached hydrogen (secondary N) is 3. The van der Waals surface area contributed by atoms with Crippen molar-refractivity contribution < 1.29 is 23.9 Å². The molecule has 1 unspecified atom stereocenters. The van der Waals surface area contributed by atoms with Crippen LogP contribution in [0, 0.1) is 11.3 Å². The van der Waals surface area contributed by atoms with E-state index in [0.717, 1.165) is 34.6 Å². The van der Waals surface area contributed by atoms with Crippen molar-refractivity contribution in [3.63, 3.8) is 0 Å². The molecule has 1 aliphatic carbocycles. The fraction of sp³-hybridized carbons (Fsp3) is 0.282. The summed E-state index contributed by atoms with van der Waals surface area (Å²) in [5, 5.41) is 9.63. The molecule has 0 radical (unpaired) electrons. The number of rotatable bonds is 11. The zero-order valence-electron chi connectivity index (χ0n) is 28.7. The van der Waals surface area contributed by atoms with Crippen molar-refractivity contribution in [1.29, 1.82) is 0 Å². The molecule has 0 saturated carbocycles. The second-order valence-electron chi connectivity index (χ2n) is 13.1. The molecule has 1 heterocycles. The molecular formula is C39H39Cl2N3O5S2. The van der Waals surface area contributed by atoms with Gasteiger partial charge < -0.3 is 20.7 Å². The van der Waals surface area contributed by atoms with Crippen LogP contribution in [-0.2, 0) is 27.2 Å². The lowest BCUT2D eigenvalue weighted by molar-refractivity contribution is -0.114. The number of thiophene rings is 1. The molecule has 12 heteroatoms. The van der Waals surface area contributed by atoms with Gasteiger partial charge in [-0.25, -0.2) is 4.79 Å². The van der Waals surface area contributed by atoms with Gasteiger partial charge in [0.25, 0.3) is 11.8 Å². The Morgan fingerprint density at radius 1 is 0.961 bits per heavy atom. The normalized spacial score (nSPS) is 14.3. The summed E-state index contributed by atoms with van der Waals surface area (Å²) in [6, 6.07) is 20.5. The Bertz CT molecular complexity index is 1950. The van der Waals surface area contributed by atoms with E-state index in [0.29, 0.717) is 43.3 Å². The molecule has 4 aromatic rings. The maximum absolute atomic E-state index is 13.6. The average molecular weight is 765 g/mol. The van der Waals surface area contributed by atoms with Crippen LogP contribution in [0.3, 0.4) is 0 Å². The average Bonchev–Trinajstić information content (AvgIpc) is 3.45. The molecule has 266 valence electrons. The highest BCUT2D eigenvalue weighted by molar-refractivity contribution is 8.00. The maximum atomic E-state index is 13.6. The summed E-state index contributed by atoms with van der Waals surface area (Å²) in [5.41, 5.74) is 2.70. The molecule has 0 bridgehead atoms. The van der Waals surface area contributed by atoms with Gasteiger partial charge in [-0.05, 0) is 91.6 Å². The van der Waals surface area contributed by atoms with Crippen LogP contribution < -0.4 is 16.0 Å². The summed E-state index contributed by atoms with van der Waals surface area (Å²) in [6.07, 6.45) is 4.03. The highest BCUT2D eigenvalue weighted by atomic mass is 35.5. The summed E-state index contributed by atoms with van der Waals surface area (Å²) in [7, 11) is 0. The van der Waals surface area contributed by atoms with E-state index in [-0.39, 0.29) is 29.4 Å². The third kappa shape index (κ3) is 9.83. The number of fused-ring (bicyclic) bond motifs is 1. The molecule has 0 saturated heterocycles. The molecule has 3 N–H and O–H groups in total. The number of thioether (sulfide) groups is 1. The molecule has 1 atom stereocenters. The number of carbonyl (C=O) groups is 4. The minimum atomic E-state index is -0.600. The first-order valence-corrected chi connectivity index (χ1v) is 19.1. The Morgan fingerprint density at radius 2 is 1.67 bits per heavy atom. The summed E-state index contributed by atoms with van der Waals surface area (Å²) in [5.74, 6) is -1.22. The Morgan fingerprint density at radius 3 is 2.35 bits per heavy atom. The molecule has 0 spiro atoms. The Kier molecular flexibility index (Phi) is 12.7. The second-order valence-corrected chi connectivity index (χ2v) is 16.0. The van der Waals surface area contributed by atoms with Crippen LogP contribution in [0.25, 0.3) is 6.08 Å². The topological polar surface area (TPSA) is 114 Å². The van der Waals surface area contributed by atoms with E-state index in [1.165, 1.54) is 29.2 Å². The van der Waals surface area contributed by atoms with Crippen LogP contribution in [-0.4, -0.2) is 36.1 Å². The van der Waals surface area contributed by atoms with Crippen LogP contribution in [0.15, 0.2) is 83.4 Å². The number of esters is 1. The molecule has 51 heavy (non-hydrogen) atoms. The molecule has 0 aliphatic heterocycles. The van der Waals surface area contributed by atoms with Crippen LogP contribution in [0.1, 0.15) is 70.8 Å². The van der Waals surface area contributed by atoms with Crippen molar-refractivity contribution in [1.82, 2.24) is 5.32 Å². The molecule has 5 rings (SSSR count). The number of ether oxygens (including phenoxy) is 1. The highest BCUT2D eigenvalue weighted by Crippen LogP contribution is 2.44. The van der Waals surface area contributed by atoms with Gasteiger partial charge in [0, 0.05) is 36.6 Å². The minimum Gasteiger partial charge on any atom is -0.462 e. The van der Waals surface area contributed by atoms with Gasteiger partial charge in [-0.1, -0.05) is 74.3 Å². The van der Waals surface area contributed by atoms with Crippen LogP contribution in [0.5, 0.6) is 0 Å². The predicted octanol–water partition coefficient (Wildman–Crippen LogP) is 9.52. The van der Waals surface area contributed by atoms with Gasteiger partial charge in [0.15, 0.2) is 0 Å². The highest BCUT2D eigenvalue weighted by Gasteiger charge is 2.34. The summed E-state index contributed by atoms with van der Waals surface area (Å²) >= 11 is 15.5. The zero-order chi connectivity index (χ0) is 36.7. The number of amides is 3. The van der Waals surface area contributed by atoms with Gasteiger partial charge in [-0.2, -0.15) is 0 Å². The Hall–Kier alpha value is -4.09. The first-order valence-electron chi connectivity index (χ1n) is 16.5. The van der Waals surface area contributed by atoms with E-state index in [2.05, 4.69) is 36.7 Å². The van der Waals surface area contributed by atoms with Crippen molar-refractivity contribution >= 4 is 86.8 Å². The molecule has 0 fully saturated rings. The largest absolute Gasteiger partial charge is 0.462 e. The number of carbonyl (C=O) groups excluding carboxylic acids is 4. The van der Waals surface area contributed by atoms with E-state index < -0.39 is 17.8 Å². The zero-order valence-corrected chi connectivity index (χ0v) is 31.9. The molecular weight excluding hydrogens is 725 g/mol.